The number of halogens is 4. The van der Waals surface area contributed by atoms with Crippen molar-refractivity contribution in [3.05, 3.63) is 70.8 Å². The molecule has 1 atom stereocenters. The van der Waals surface area contributed by atoms with Gasteiger partial charge in [0.15, 0.2) is 11.6 Å². The Bertz CT molecular complexity index is 1410. The zero-order chi connectivity index (χ0) is 28.2. The first-order chi connectivity index (χ1) is 18.6. The van der Waals surface area contributed by atoms with Gasteiger partial charge in [-0.1, -0.05) is 11.6 Å². The number of nitrogens with zero attached hydrogens (tertiary/aromatic N) is 4. The zero-order valence-corrected chi connectivity index (χ0v) is 21.8. The summed E-state index contributed by atoms with van der Waals surface area (Å²) in [6.07, 6.45) is 3.52. The van der Waals surface area contributed by atoms with Crippen LogP contribution in [-0.2, 0) is 13.2 Å². The van der Waals surface area contributed by atoms with Crippen LogP contribution in [-0.4, -0.2) is 46.8 Å². The number of hydrogen-bond donors (Lipinski definition) is 2. The molecule has 1 unspecified atom stereocenters. The lowest BCUT2D eigenvalue weighted by Gasteiger charge is -2.29. The molecular weight excluding hydrogens is 533 g/mol. The number of aliphatic imine (C=N–C) groups is 1. The predicted octanol–water partition coefficient (Wildman–Crippen LogP) is 6.19. The maximum atomic E-state index is 13.6. The number of imidazole rings is 1. The minimum Gasteiger partial charge on any atom is -0.372 e. The van der Waals surface area contributed by atoms with Gasteiger partial charge in [-0.15, -0.1) is 0 Å². The lowest BCUT2D eigenvalue weighted by Crippen LogP contribution is -2.30. The maximum absolute atomic E-state index is 13.6. The molecule has 204 valence electrons. The van der Waals surface area contributed by atoms with E-state index < -0.39 is 34.4 Å². The Balaban J connectivity index is 1.67. The average molecular weight is 559 g/mol. The zero-order valence-electron chi connectivity index (χ0n) is 21.0. The number of Topliss-reactive ketones (excluding diaryl/α,β-unsaturated/α-hetero) is 1. The van der Waals surface area contributed by atoms with Crippen LogP contribution >= 0.6 is 11.6 Å². The SMILES string of the molecule is Cn1ccnc1C(=O)Nc1ccc(N2CCCCC2)cc1C(=O)C(C=N)C=Nc1ccc(Cl)c(C(F)(F)F)c1. The largest absolute Gasteiger partial charge is 0.417 e. The van der Waals surface area contributed by atoms with E-state index in [1.807, 2.05) is 6.07 Å². The van der Waals surface area contributed by atoms with E-state index in [0.717, 1.165) is 62.6 Å². The van der Waals surface area contributed by atoms with E-state index in [-0.39, 0.29) is 22.8 Å². The van der Waals surface area contributed by atoms with Gasteiger partial charge in [-0.2, -0.15) is 13.2 Å². The molecule has 39 heavy (non-hydrogen) atoms. The number of aryl methyl sites for hydroxylation is 1. The van der Waals surface area contributed by atoms with E-state index in [1.165, 1.54) is 16.8 Å². The summed E-state index contributed by atoms with van der Waals surface area (Å²) in [5.74, 6) is -2.13. The quantitative estimate of drug-likeness (QED) is 0.254. The van der Waals surface area contributed by atoms with Gasteiger partial charge < -0.3 is 20.2 Å². The molecule has 3 aromatic rings. The van der Waals surface area contributed by atoms with E-state index in [0.29, 0.717) is 0 Å². The molecule has 0 spiro atoms. The van der Waals surface area contributed by atoms with Crippen molar-refractivity contribution in [2.24, 2.45) is 18.0 Å². The van der Waals surface area contributed by atoms with E-state index in [4.69, 9.17) is 17.0 Å². The highest BCUT2D eigenvalue weighted by atomic mass is 35.5. The summed E-state index contributed by atoms with van der Waals surface area (Å²) in [5.41, 5.74) is 0.0376. The number of carbonyl (C=O) groups is 2. The standard InChI is InChI=1S/C27H26ClF3N6O2/c1-36-12-9-33-25(36)26(39)35-23-8-6-19(37-10-3-2-4-11-37)14-20(23)24(38)17(15-32)16-34-18-5-7-22(28)21(13-18)27(29,30)31/h5-9,12-17,32H,2-4,10-11H2,1H3,(H,35,39). The Morgan fingerprint density at radius 1 is 1.15 bits per heavy atom. The molecule has 2 aromatic carbocycles. The van der Waals surface area contributed by atoms with Crippen LogP contribution in [0, 0.1) is 11.3 Å². The van der Waals surface area contributed by atoms with Crippen LogP contribution in [0.2, 0.25) is 5.02 Å². The summed E-state index contributed by atoms with van der Waals surface area (Å²) in [7, 11) is 1.66. The smallest absolute Gasteiger partial charge is 0.372 e. The second-order valence-corrected chi connectivity index (χ2v) is 9.50. The van der Waals surface area contributed by atoms with Gasteiger partial charge in [-0.25, -0.2) is 4.98 Å². The molecule has 1 saturated heterocycles. The van der Waals surface area contributed by atoms with Crippen molar-refractivity contribution in [2.75, 3.05) is 23.3 Å². The number of alkyl halides is 3. The average Bonchev–Trinajstić information content (AvgIpc) is 3.35. The summed E-state index contributed by atoms with van der Waals surface area (Å²) in [6, 6.07) is 8.25. The lowest BCUT2D eigenvalue weighted by molar-refractivity contribution is -0.137. The fourth-order valence-electron chi connectivity index (χ4n) is 4.30. The van der Waals surface area contributed by atoms with Gasteiger partial charge in [0, 0.05) is 56.2 Å². The topological polar surface area (TPSA) is 103 Å². The number of rotatable bonds is 8. The Hall–Kier alpha value is -3.99. The van der Waals surface area contributed by atoms with Crippen molar-refractivity contribution >= 4 is 52.8 Å². The summed E-state index contributed by atoms with van der Waals surface area (Å²) in [5, 5.41) is 10.1. The maximum Gasteiger partial charge on any atom is 0.417 e. The number of anilines is 2. The second kappa shape index (κ2) is 11.8. The molecule has 0 saturated carbocycles. The molecule has 4 rings (SSSR count). The van der Waals surface area contributed by atoms with Gasteiger partial charge in [-0.05, 0) is 55.7 Å². The van der Waals surface area contributed by atoms with Crippen LogP contribution < -0.4 is 10.2 Å². The van der Waals surface area contributed by atoms with Crippen molar-refractivity contribution in [3.8, 4) is 0 Å². The van der Waals surface area contributed by atoms with Crippen molar-refractivity contribution in [1.82, 2.24) is 9.55 Å². The molecule has 1 fully saturated rings. The third-order valence-corrected chi connectivity index (χ3v) is 6.71. The number of aromatic nitrogens is 2. The first-order valence-corrected chi connectivity index (χ1v) is 12.6. The Labute approximate surface area is 228 Å². The highest BCUT2D eigenvalue weighted by Gasteiger charge is 2.33. The minimum absolute atomic E-state index is 0.0725. The van der Waals surface area contributed by atoms with Crippen molar-refractivity contribution < 1.29 is 22.8 Å². The Morgan fingerprint density at radius 2 is 1.90 bits per heavy atom. The van der Waals surface area contributed by atoms with Gasteiger partial charge in [0.1, 0.15) is 0 Å². The van der Waals surface area contributed by atoms with E-state index >= 15 is 0 Å². The number of nitrogens with one attached hydrogen (secondary N) is 2. The highest BCUT2D eigenvalue weighted by Crippen LogP contribution is 2.37. The van der Waals surface area contributed by atoms with Crippen molar-refractivity contribution in [3.63, 3.8) is 0 Å². The van der Waals surface area contributed by atoms with Crippen LogP contribution in [0.1, 0.15) is 45.8 Å². The van der Waals surface area contributed by atoms with Crippen LogP contribution in [0.5, 0.6) is 0 Å². The number of piperidine rings is 1. The summed E-state index contributed by atoms with van der Waals surface area (Å²) in [4.78, 5) is 36.7. The van der Waals surface area contributed by atoms with Gasteiger partial charge in [-0.3, -0.25) is 14.6 Å². The fourth-order valence-corrected chi connectivity index (χ4v) is 4.52. The van der Waals surface area contributed by atoms with Gasteiger partial charge in [0.25, 0.3) is 5.91 Å². The molecule has 12 heteroatoms. The summed E-state index contributed by atoms with van der Waals surface area (Å²) >= 11 is 5.68. The molecule has 0 radical (unpaired) electrons. The molecule has 1 aromatic heterocycles. The van der Waals surface area contributed by atoms with Crippen LogP contribution in [0.4, 0.5) is 30.2 Å². The van der Waals surface area contributed by atoms with Crippen LogP contribution in [0.15, 0.2) is 53.8 Å². The lowest BCUT2D eigenvalue weighted by atomic mass is 9.96. The predicted molar refractivity (Wildman–Crippen MR) is 145 cm³/mol. The van der Waals surface area contributed by atoms with Crippen molar-refractivity contribution in [1.29, 1.82) is 5.41 Å². The first kappa shape index (κ1) is 28.0. The fraction of sp³-hybridized carbons (Fsp3) is 0.296. The van der Waals surface area contributed by atoms with E-state index in [1.54, 1.807) is 25.4 Å². The van der Waals surface area contributed by atoms with E-state index in [2.05, 4.69) is 20.2 Å². The number of carbonyl (C=O) groups excluding carboxylic acids is 2. The Kier molecular flexibility index (Phi) is 8.49. The Morgan fingerprint density at radius 3 is 2.54 bits per heavy atom. The first-order valence-electron chi connectivity index (χ1n) is 12.2. The molecular formula is C27H26ClF3N6O2. The number of hydrogen-bond acceptors (Lipinski definition) is 6. The highest BCUT2D eigenvalue weighted by molar-refractivity contribution is 6.31. The number of amides is 1. The molecule has 1 aliphatic heterocycles. The molecule has 0 bridgehead atoms. The molecule has 1 amide bonds. The molecule has 2 N–H and O–H groups in total. The van der Waals surface area contributed by atoms with Gasteiger partial charge in [0.05, 0.1) is 27.9 Å². The minimum atomic E-state index is -4.67. The third kappa shape index (κ3) is 6.54. The van der Waals surface area contributed by atoms with Crippen LogP contribution in [0.3, 0.4) is 0 Å². The summed E-state index contributed by atoms with van der Waals surface area (Å²) in [6.45, 7) is 1.64. The van der Waals surface area contributed by atoms with Gasteiger partial charge in [0.2, 0.25) is 0 Å². The van der Waals surface area contributed by atoms with Gasteiger partial charge >= 0.3 is 6.18 Å². The van der Waals surface area contributed by atoms with Crippen LogP contribution in [0.25, 0.3) is 0 Å². The van der Waals surface area contributed by atoms with E-state index in [9.17, 15) is 22.8 Å². The molecule has 8 nitrogen and oxygen atoms in total. The van der Waals surface area contributed by atoms with Crippen molar-refractivity contribution in [2.45, 2.75) is 25.4 Å². The summed E-state index contributed by atoms with van der Waals surface area (Å²) < 4.78 is 41.3. The number of ketones is 1. The molecule has 1 aliphatic rings. The third-order valence-electron chi connectivity index (χ3n) is 6.38. The molecule has 2 heterocycles. The monoisotopic (exact) mass is 558 g/mol. The normalized spacial score (nSPS) is 14.8. The number of benzene rings is 2. The molecule has 0 aliphatic carbocycles. The second-order valence-electron chi connectivity index (χ2n) is 9.09.